The summed E-state index contributed by atoms with van der Waals surface area (Å²) in [5.74, 6) is 0.984. The van der Waals surface area contributed by atoms with E-state index in [9.17, 15) is 4.79 Å². The second-order valence-corrected chi connectivity index (χ2v) is 6.68. The maximum Gasteiger partial charge on any atom is 0.243 e. The molecule has 2 fully saturated rings. The lowest BCUT2D eigenvalue weighted by molar-refractivity contribution is -0.127. The van der Waals surface area contributed by atoms with E-state index in [0.29, 0.717) is 11.5 Å². The van der Waals surface area contributed by atoms with E-state index in [2.05, 4.69) is 29.1 Å². The molecule has 0 aromatic heterocycles. The first-order valence-corrected chi connectivity index (χ1v) is 7.69. The monoisotopic (exact) mass is 408 g/mol. The highest BCUT2D eigenvalue weighted by Gasteiger charge is 2.35. The van der Waals surface area contributed by atoms with Crippen LogP contribution in [0.2, 0.25) is 0 Å². The van der Waals surface area contributed by atoms with Gasteiger partial charge in [0.25, 0.3) is 0 Å². The van der Waals surface area contributed by atoms with Gasteiger partial charge in [0.05, 0.1) is 0 Å². The smallest absolute Gasteiger partial charge is 0.243 e. The number of halogens is 1. The number of carbonyl (C=O) groups excluding carboxylic acids is 1. The average Bonchev–Trinajstić information content (AvgIpc) is 3.15. The van der Waals surface area contributed by atoms with E-state index < -0.39 is 0 Å². The molecule has 1 saturated carbocycles. The molecule has 0 radical (unpaired) electrons. The third-order valence-electron chi connectivity index (χ3n) is 4.48. The third-order valence-corrected chi connectivity index (χ3v) is 4.48. The lowest BCUT2D eigenvalue weighted by atomic mass is 9.87. The van der Waals surface area contributed by atoms with Crippen molar-refractivity contribution in [2.24, 2.45) is 10.4 Å². The molecule has 0 bridgehead atoms. The van der Waals surface area contributed by atoms with Crippen molar-refractivity contribution in [2.75, 3.05) is 33.7 Å². The lowest BCUT2D eigenvalue weighted by Gasteiger charge is -2.25. The topological polar surface area (TPSA) is 47.9 Å². The zero-order valence-electron chi connectivity index (χ0n) is 13.7. The van der Waals surface area contributed by atoms with E-state index >= 15 is 0 Å². The second kappa shape index (κ2) is 7.65. The molecule has 1 saturated heterocycles. The summed E-state index contributed by atoms with van der Waals surface area (Å²) in [6.07, 6.45) is 4.84. The Labute approximate surface area is 145 Å². The molecule has 1 amide bonds. The van der Waals surface area contributed by atoms with Crippen molar-refractivity contribution in [1.29, 1.82) is 0 Å². The Bertz CT molecular complexity index is 395. The molecule has 0 aromatic rings. The van der Waals surface area contributed by atoms with Crippen LogP contribution in [-0.4, -0.2) is 61.4 Å². The van der Waals surface area contributed by atoms with Crippen LogP contribution in [0, 0.1) is 5.41 Å². The summed E-state index contributed by atoms with van der Waals surface area (Å²) in [7, 11) is 3.55. The summed E-state index contributed by atoms with van der Waals surface area (Å²) in [6, 6.07) is 0.566. The molecule has 1 heterocycles. The van der Waals surface area contributed by atoms with Gasteiger partial charge in [-0.3, -0.25) is 4.79 Å². The van der Waals surface area contributed by atoms with Gasteiger partial charge in [0, 0.05) is 33.2 Å². The van der Waals surface area contributed by atoms with Gasteiger partial charge in [-0.15, -0.1) is 24.0 Å². The Kier molecular flexibility index (Phi) is 6.74. The first-order chi connectivity index (χ1) is 9.43. The Morgan fingerprint density at radius 3 is 2.57 bits per heavy atom. The number of carbonyl (C=O) groups is 1. The van der Waals surface area contributed by atoms with Gasteiger partial charge >= 0.3 is 0 Å². The lowest BCUT2D eigenvalue weighted by Crippen LogP contribution is -2.42. The van der Waals surface area contributed by atoms with Gasteiger partial charge in [-0.25, -0.2) is 4.99 Å². The molecule has 1 aliphatic heterocycles. The number of nitrogens with zero attached hydrogens (tertiary/aromatic N) is 3. The summed E-state index contributed by atoms with van der Waals surface area (Å²) in [5.41, 5.74) is 0.386. The summed E-state index contributed by atoms with van der Waals surface area (Å²) in [4.78, 5) is 20.2. The van der Waals surface area contributed by atoms with Crippen LogP contribution in [0.15, 0.2) is 4.99 Å². The van der Waals surface area contributed by atoms with Gasteiger partial charge in [0.1, 0.15) is 6.54 Å². The van der Waals surface area contributed by atoms with Crippen LogP contribution in [0.5, 0.6) is 0 Å². The molecule has 0 spiro atoms. The Balaban J connectivity index is 0.00000220. The van der Waals surface area contributed by atoms with Gasteiger partial charge in [0.2, 0.25) is 5.91 Å². The minimum atomic E-state index is 0. The van der Waals surface area contributed by atoms with E-state index in [1.807, 2.05) is 0 Å². The highest BCUT2D eigenvalue weighted by atomic mass is 127. The fourth-order valence-corrected chi connectivity index (χ4v) is 2.42. The molecular formula is C15H29IN4O. The number of hydrogen-bond acceptors (Lipinski definition) is 2. The second-order valence-electron chi connectivity index (χ2n) is 6.68. The normalized spacial score (nSPS) is 25.5. The molecule has 1 atom stereocenters. The SMILES string of the molecule is CCC1(C)CCN(C(=NCC(=O)N(C)C)NC2CC2)C1.I. The van der Waals surface area contributed by atoms with Crippen molar-refractivity contribution in [3.05, 3.63) is 0 Å². The highest BCUT2D eigenvalue weighted by molar-refractivity contribution is 14.0. The third kappa shape index (κ3) is 5.30. The van der Waals surface area contributed by atoms with Crippen molar-refractivity contribution < 1.29 is 4.79 Å². The first-order valence-electron chi connectivity index (χ1n) is 7.69. The predicted octanol–water partition coefficient (Wildman–Crippen LogP) is 1.92. The molecule has 2 aliphatic rings. The van der Waals surface area contributed by atoms with Crippen LogP contribution in [0.1, 0.15) is 39.5 Å². The Hall–Kier alpha value is -0.530. The largest absolute Gasteiger partial charge is 0.353 e. The number of amides is 1. The minimum Gasteiger partial charge on any atom is -0.353 e. The van der Waals surface area contributed by atoms with Crippen molar-refractivity contribution in [3.8, 4) is 0 Å². The first kappa shape index (κ1) is 18.5. The van der Waals surface area contributed by atoms with Crippen LogP contribution >= 0.6 is 24.0 Å². The zero-order chi connectivity index (χ0) is 14.8. The van der Waals surface area contributed by atoms with Crippen molar-refractivity contribution in [3.63, 3.8) is 0 Å². The van der Waals surface area contributed by atoms with Gasteiger partial charge in [-0.1, -0.05) is 13.8 Å². The van der Waals surface area contributed by atoms with E-state index in [-0.39, 0.29) is 36.4 Å². The zero-order valence-corrected chi connectivity index (χ0v) is 16.0. The Morgan fingerprint density at radius 2 is 2.10 bits per heavy atom. The van der Waals surface area contributed by atoms with Crippen LogP contribution < -0.4 is 5.32 Å². The van der Waals surface area contributed by atoms with Crippen LogP contribution in [0.25, 0.3) is 0 Å². The molecule has 0 aromatic carbocycles. The molecule has 1 unspecified atom stereocenters. The average molecular weight is 408 g/mol. The van der Waals surface area contributed by atoms with Gasteiger partial charge < -0.3 is 15.1 Å². The molecule has 2 rings (SSSR count). The number of guanidine groups is 1. The van der Waals surface area contributed by atoms with E-state index in [0.717, 1.165) is 19.0 Å². The van der Waals surface area contributed by atoms with Gasteiger partial charge in [-0.2, -0.15) is 0 Å². The summed E-state index contributed by atoms with van der Waals surface area (Å²) < 4.78 is 0. The number of likely N-dealkylation sites (tertiary alicyclic amines) is 1. The standard InChI is InChI=1S/C15H28N4O.HI/c1-5-15(2)8-9-19(11-15)14(17-12-6-7-12)16-10-13(20)18(3)4;/h12H,5-11H2,1-4H3,(H,16,17);1H. The van der Waals surface area contributed by atoms with Crippen molar-refractivity contribution in [1.82, 2.24) is 15.1 Å². The molecular weight excluding hydrogens is 379 g/mol. The van der Waals surface area contributed by atoms with E-state index in [1.54, 1.807) is 19.0 Å². The van der Waals surface area contributed by atoms with Crippen LogP contribution in [0.3, 0.4) is 0 Å². The minimum absolute atomic E-state index is 0. The molecule has 5 nitrogen and oxygen atoms in total. The maximum atomic E-state index is 11.7. The summed E-state index contributed by atoms with van der Waals surface area (Å²) in [6.45, 7) is 6.91. The fraction of sp³-hybridized carbons (Fsp3) is 0.867. The Morgan fingerprint density at radius 1 is 1.43 bits per heavy atom. The summed E-state index contributed by atoms with van der Waals surface area (Å²) >= 11 is 0. The molecule has 21 heavy (non-hydrogen) atoms. The predicted molar refractivity (Wildman–Crippen MR) is 97.2 cm³/mol. The van der Waals surface area contributed by atoms with Crippen LogP contribution in [0.4, 0.5) is 0 Å². The van der Waals surface area contributed by atoms with E-state index in [1.165, 1.54) is 25.7 Å². The molecule has 122 valence electrons. The van der Waals surface area contributed by atoms with Crippen LogP contribution in [-0.2, 0) is 4.79 Å². The summed E-state index contributed by atoms with van der Waals surface area (Å²) in [5, 5.41) is 3.49. The van der Waals surface area contributed by atoms with Crippen molar-refractivity contribution in [2.45, 2.75) is 45.6 Å². The fourth-order valence-electron chi connectivity index (χ4n) is 2.42. The number of rotatable bonds is 4. The number of likely N-dealkylation sites (N-methyl/N-ethyl adjacent to an activating group) is 1. The molecule has 1 N–H and O–H groups in total. The maximum absolute atomic E-state index is 11.7. The van der Waals surface area contributed by atoms with Crippen molar-refractivity contribution >= 4 is 35.8 Å². The number of aliphatic imine (C=N–C) groups is 1. The molecule has 1 aliphatic carbocycles. The highest BCUT2D eigenvalue weighted by Crippen LogP contribution is 2.33. The van der Waals surface area contributed by atoms with E-state index in [4.69, 9.17) is 0 Å². The quantitative estimate of drug-likeness (QED) is 0.439. The number of nitrogens with one attached hydrogen (secondary N) is 1. The van der Waals surface area contributed by atoms with Gasteiger partial charge in [-0.05, 0) is 31.1 Å². The molecule has 6 heteroatoms. The number of hydrogen-bond donors (Lipinski definition) is 1. The van der Waals surface area contributed by atoms with Gasteiger partial charge in [0.15, 0.2) is 5.96 Å².